The minimum Gasteiger partial charge on any atom is -0.370 e. The van der Waals surface area contributed by atoms with Gasteiger partial charge in [-0.15, -0.1) is 0 Å². The third kappa shape index (κ3) is 4.78. The molecule has 0 saturated heterocycles. The Balaban J connectivity index is 2.57. The standard InChI is InChI=1S/C15H25N3/c1-4-12(5-2)11-17-15(16)18-14-9-7-8-13(6-3)10-14/h7-10,12H,4-6,11H2,1-3H3,(H3,16,17,18). The van der Waals surface area contributed by atoms with E-state index in [1.165, 1.54) is 5.56 Å². The Morgan fingerprint density at radius 1 is 1.28 bits per heavy atom. The van der Waals surface area contributed by atoms with Gasteiger partial charge in [0.2, 0.25) is 0 Å². The number of nitrogens with two attached hydrogens (primary N) is 1. The van der Waals surface area contributed by atoms with Gasteiger partial charge in [0, 0.05) is 12.2 Å². The molecule has 0 radical (unpaired) electrons. The van der Waals surface area contributed by atoms with Crippen molar-refractivity contribution in [3.05, 3.63) is 29.8 Å². The largest absolute Gasteiger partial charge is 0.370 e. The summed E-state index contributed by atoms with van der Waals surface area (Å²) in [4.78, 5) is 4.40. The van der Waals surface area contributed by atoms with Gasteiger partial charge < -0.3 is 11.1 Å². The Hall–Kier alpha value is -1.51. The molecule has 0 spiro atoms. The summed E-state index contributed by atoms with van der Waals surface area (Å²) in [6.07, 6.45) is 3.33. The van der Waals surface area contributed by atoms with Crippen LogP contribution >= 0.6 is 0 Å². The molecular formula is C15H25N3. The van der Waals surface area contributed by atoms with Crippen molar-refractivity contribution >= 4 is 11.6 Å². The van der Waals surface area contributed by atoms with Crippen molar-refractivity contribution in [1.29, 1.82) is 0 Å². The fourth-order valence-electron chi connectivity index (χ4n) is 1.83. The van der Waals surface area contributed by atoms with Gasteiger partial charge in [0.1, 0.15) is 0 Å². The molecule has 3 N–H and O–H groups in total. The van der Waals surface area contributed by atoms with Gasteiger partial charge in [-0.25, -0.2) is 0 Å². The molecular weight excluding hydrogens is 222 g/mol. The first-order valence-corrected chi connectivity index (χ1v) is 6.85. The van der Waals surface area contributed by atoms with E-state index in [0.717, 1.165) is 31.5 Å². The molecule has 0 fully saturated rings. The average Bonchev–Trinajstić information content (AvgIpc) is 2.40. The first-order valence-electron chi connectivity index (χ1n) is 6.85. The molecule has 1 aromatic carbocycles. The van der Waals surface area contributed by atoms with Crippen LogP contribution in [0, 0.1) is 5.92 Å². The number of nitrogens with zero attached hydrogens (tertiary/aromatic N) is 1. The van der Waals surface area contributed by atoms with Gasteiger partial charge in [-0.05, 0) is 30.0 Å². The van der Waals surface area contributed by atoms with Crippen molar-refractivity contribution in [2.75, 3.05) is 11.9 Å². The summed E-state index contributed by atoms with van der Waals surface area (Å²) in [5.74, 6) is 1.14. The van der Waals surface area contributed by atoms with Gasteiger partial charge in [0.05, 0.1) is 0 Å². The molecule has 0 atom stereocenters. The summed E-state index contributed by atoms with van der Waals surface area (Å²) < 4.78 is 0. The van der Waals surface area contributed by atoms with E-state index in [9.17, 15) is 0 Å². The van der Waals surface area contributed by atoms with Crippen LogP contribution in [0.3, 0.4) is 0 Å². The van der Waals surface area contributed by atoms with Gasteiger partial charge in [-0.3, -0.25) is 4.99 Å². The molecule has 1 rings (SSSR count). The molecule has 0 aliphatic carbocycles. The molecule has 0 amide bonds. The lowest BCUT2D eigenvalue weighted by molar-refractivity contribution is 0.506. The Morgan fingerprint density at radius 3 is 2.61 bits per heavy atom. The van der Waals surface area contributed by atoms with Crippen molar-refractivity contribution in [2.24, 2.45) is 16.6 Å². The first-order chi connectivity index (χ1) is 8.69. The fourth-order valence-corrected chi connectivity index (χ4v) is 1.83. The van der Waals surface area contributed by atoms with E-state index in [-0.39, 0.29) is 0 Å². The van der Waals surface area contributed by atoms with Gasteiger partial charge in [0.25, 0.3) is 0 Å². The number of anilines is 1. The van der Waals surface area contributed by atoms with E-state index in [1.807, 2.05) is 12.1 Å². The summed E-state index contributed by atoms with van der Waals surface area (Å²) in [6, 6.07) is 8.27. The molecule has 18 heavy (non-hydrogen) atoms. The third-order valence-corrected chi connectivity index (χ3v) is 3.28. The topological polar surface area (TPSA) is 50.4 Å². The molecule has 0 aliphatic rings. The van der Waals surface area contributed by atoms with Crippen LogP contribution in [0.15, 0.2) is 29.3 Å². The monoisotopic (exact) mass is 247 g/mol. The van der Waals surface area contributed by atoms with Crippen molar-refractivity contribution in [3.8, 4) is 0 Å². The van der Waals surface area contributed by atoms with Crippen LogP contribution in [0.2, 0.25) is 0 Å². The molecule has 0 heterocycles. The third-order valence-electron chi connectivity index (χ3n) is 3.28. The van der Waals surface area contributed by atoms with Crippen LogP contribution in [-0.4, -0.2) is 12.5 Å². The van der Waals surface area contributed by atoms with Crippen LogP contribution in [0.4, 0.5) is 5.69 Å². The molecule has 0 unspecified atom stereocenters. The van der Waals surface area contributed by atoms with E-state index in [1.54, 1.807) is 0 Å². The van der Waals surface area contributed by atoms with E-state index >= 15 is 0 Å². The zero-order chi connectivity index (χ0) is 13.4. The highest BCUT2D eigenvalue weighted by atomic mass is 15.1. The maximum atomic E-state index is 5.89. The van der Waals surface area contributed by atoms with Crippen molar-refractivity contribution < 1.29 is 0 Å². The van der Waals surface area contributed by atoms with E-state index < -0.39 is 0 Å². The van der Waals surface area contributed by atoms with Gasteiger partial charge >= 0.3 is 0 Å². The Bertz CT molecular complexity index is 381. The molecule has 0 bridgehead atoms. The summed E-state index contributed by atoms with van der Waals surface area (Å²) >= 11 is 0. The number of hydrogen-bond acceptors (Lipinski definition) is 1. The molecule has 1 aromatic rings. The zero-order valence-corrected chi connectivity index (χ0v) is 11.7. The Labute approximate surface area is 111 Å². The highest BCUT2D eigenvalue weighted by Crippen LogP contribution is 2.11. The van der Waals surface area contributed by atoms with Crippen molar-refractivity contribution in [3.63, 3.8) is 0 Å². The normalized spacial score (nSPS) is 11.9. The quantitative estimate of drug-likeness (QED) is 0.598. The first kappa shape index (κ1) is 14.6. The summed E-state index contributed by atoms with van der Waals surface area (Å²) in [6.45, 7) is 7.33. The highest BCUT2D eigenvalue weighted by molar-refractivity contribution is 5.92. The smallest absolute Gasteiger partial charge is 0.193 e. The summed E-state index contributed by atoms with van der Waals surface area (Å²) in [7, 11) is 0. The van der Waals surface area contributed by atoms with Crippen molar-refractivity contribution in [1.82, 2.24) is 0 Å². The van der Waals surface area contributed by atoms with Crippen LogP contribution in [0.25, 0.3) is 0 Å². The zero-order valence-electron chi connectivity index (χ0n) is 11.7. The number of benzene rings is 1. The van der Waals surface area contributed by atoms with Gasteiger partial charge in [-0.2, -0.15) is 0 Å². The summed E-state index contributed by atoms with van der Waals surface area (Å²) in [5, 5.41) is 3.15. The molecule has 3 nitrogen and oxygen atoms in total. The number of guanidine groups is 1. The van der Waals surface area contributed by atoms with Crippen LogP contribution in [0.5, 0.6) is 0 Å². The minimum atomic E-state index is 0.509. The Kier molecular flexibility index (Phi) is 6.26. The number of aryl methyl sites for hydroxylation is 1. The molecule has 0 aliphatic heterocycles. The maximum Gasteiger partial charge on any atom is 0.193 e. The lowest BCUT2D eigenvalue weighted by atomic mass is 10.0. The Morgan fingerprint density at radius 2 is 2.00 bits per heavy atom. The van der Waals surface area contributed by atoms with E-state index in [0.29, 0.717) is 11.9 Å². The molecule has 0 saturated carbocycles. The molecule has 3 heteroatoms. The number of hydrogen-bond donors (Lipinski definition) is 2. The van der Waals surface area contributed by atoms with Gasteiger partial charge in [0.15, 0.2) is 5.96 Å². The van der Waals surface area contributed by atoms with Gasteiger partial charge in [-0.1, -0.05) is 45.7 Å². The van der Waals surface area contributed by atoms with Crippen LogP contribution in [-0.2, 0) is 6.42 Å². The molecule has 100 valence electrons. The number of aliphatic imine (C=N–C) groups is 1. The van der Waals surface area contributed by atoms with Crippen LogP contribution in [0.1, 0.15) is 39.2 Å². The predicted octanol–water partition coefficient (Wildman–Crippen LogP) is 3.41. The average molecular weight is 247 g/mol. The van der Waals surface area contributed by atoms with E-state index in [4.69, 9.17) is 5.73 Å². The fraction of sp³-hybridized carbons (Fsp3) is 0.533. The lowest BCUT2D eigenvalue weighted by Gasteiger charge is -2.10. The number of rotatable bonds is 6. The predicted molar refractivity (Wildman–Crippen MR) is 80.0 cm³/mol. The SMILES string of the molecule is CCc1cccc(NC(N)=NCC(CC)CC)c1. The minimum absolute atomic E-state index is 0.509. The maximum absolute atomic E-state index is 5.89. The second-order valence-corrected chi connectivity index (χ2v) is 4.59. The lowest BCUT2D eigenvalue weighted by Crippen LogP contribution is -2.23. The van der Waals surface area contributed by atoms with Crippen LogP contribution < -0.4 is 11.1 Å². The highest BCUT2D eigenvalue weighted by Gasteiger charge is 2.02. The van der Waals surface area contributed by atoms with E-state index in [2.05, 4.69) is 43.2 Å². The summed E-state index contributed by atoms with van der Waals surface area (Å²) in [5.41, 5.74) is 8.21. The second kappa shape index (κ2) is 7.75. The number of nitrogens with one attached hydrogen (secondary N) is 1. The second-order valence-electron chi connectivity index (χ2n) is 4.59. The molecule has 0 aromatic heterocycles. The van der Waals surface area contributed by atoms with Crippen molar-refractivity contribution in [2.45, 2.75) is 40.0 Å².